The molecule has 1 N–H and O–H groups in total. The summed E-state index contributed by atoms with van der Waals surface area (Å²) in [7, 11) is 0. The highest BCUT2D eigenvalue weighted by molar-refractivity contribution is 9.10. The van der Waals surface area contributed by atoms with Crippen LogP contribution in [0, 0.1) is 13.8 Å². The summed E-state index contributed by atoms with van der Waals surface area (Å²) >= 11 is 3.48. The van der Waals surface area contributed by atoms with Gasteiger partial charge in [0, 0.05) is 16.6 Å². The summed E-state index contributed by atoms with van der Waals surface area (Å²) in [6.07, 6.45) is 0.0673. The van der Waals surface area contributed by atoms with Gasteiger partial charge in [-0.05, 0) is 54.8 Å². The summed E-state index contributed by atoms with van der Waals surface area (Å²) in [5.41, 5.74) is 3.70. The van der Waals surface area contributed by atoms with E-state index in [1.54, 1.807) is 60.7 Å². The van der Waals surface area contributed by atoms with Gasteiger partial charge in [-0.25, -0.2) is 4.79 Å². The summed E-state index contributed by atoms with van der Waals surface area (Å²) in [5, 5.41) is 2.71. The lowest BCUT2D eigenvalue weighted by Crippen LogP contribution is -2.47. The molecule has 0 radical (unpaired) electrons. The van der Waals surface area contributed by atoms with E-state index in [-0.39, 0.29) is 17.5 Å². The van der Waals surface area contributed by atoms with E-state index >= 15 is 0 Å². The second-order valence-electron chi connectivity index (χ2n) is 8.31. The average Bonchev–Trinajstić information content (AvgIpc) is 3.10. The van der Waals surface area contributed by atoms with Gasteiger partial charge in [-0.1, -0.05) is 58.4 Å². The Morgan fingerprint density at radius 1 is 0.914 bits per heavy atom. The van der Waals surface area contributed by atoms with Crippen molar-refractivity contribution in [2.45, 2.75) is 26.3 Å². The van der Waals surface area contributed by atoms with Crippen LogP contribution in [0.2, 0.25) is 0 Å². The first-order chi connectivity index (χ1) is 16.8. The Hall–Kier alpha value is -3.78. The zero-order valence-corrected chi connectivity index (χ0v) is 20.8. The minimum atomic E-state index is -1.21. The van der Waals surface area contributed by atoms with Crippen molar-refractivity contribution in [2.75, 3.05) is 11.9 Å². The Kier molecular flexibility index (Phi) is 7.12. The first-order valence-electron chi connectivity index (χ1n) is 11.0. The quantitative estimate of drug-likeness (QED) is 0.357. The zero-order chi connectivity index (χ0) is 25.1. The topological polar surface area (TPSA) is 92.8 Å². The van der Waals surface area contributed by atoms with Crippen molar-refractivity contribution in [3.8, 4) is 0 Å². The predicted molar refractivity (Wildman–Crippen MR) is 134 cm³/mol. The van der Waals surface area contributed by atoms with Crippen LogP contribution < -0.4 is 5.32 Å². The molecule has 0 saturated heterocycles. The van der Waals surface area contributed by atoms with Crippen molar-refractivity contribution in [2.24, 2.45) is 0 Å². The fraction of sp³-hybridized carbons (Fsp3) is 0.185. The molecule has 1 aliphatic rings. The monoisotopic (exact) mass is 534 g/mol. The number of hydrogen-bond acceptors (Lipinski definition) is 5. The third-order valence-corrected chi connectivity index (χ3v) is 7.00. The number of carbonyl (C=O) groups is 4. The van der Waals surface area contributed by atoms with Crippen LogP contribution in [0.1, 0.15) is 37.4 Å². The van der Waals surface area contributed by atoms with Crippen molar-refractivity contribution in [1.82, 2.24) is 4.90 Å². The molecule has 0 aromatic heterocycles. The molecule has 0 aliphatic carbocycles. The number of halogens is 1. The summed E-state index contributed by atoms with van der Waals surface area (Å²) in [5.74, 6) is -2.48. The molecule has 4 rings (SSSR count). The zero-order valence-electron chi connectivity index (χ0n) is 19.2. The van der Waals surface area contributed by atoms with Crippen LogP contribution in [-0.2, 0) is 20.7 Å². The van der Waals surface area contributed by atoms with Gasteiger partial charge in [0.1, 0.15) is 6.04 Å². The normalized spacial score (nSPS) is 13.4. The van der Waals surface area contributed by atoms with Crippen LogP contribution in [0.5, 0.6) is 0 Å². The first kappa shape index (κ1) is 24.3. The molecular weight excluding hydrogens is 512 g/mol. The third kappa shape index (κ3) is 5.17. The maximum Gasteiger partial charge on any atom is 0.330 e. The van der Waals surface area contributed by atoms with E-state index < -0.39 is 36.3 Å². The summed E-state index contributed by atoms with van der Waals surface area (Å²) < 4.78 is 6.25. The van der Waals surface area contributed by atoms with Crippen LogP contribution in [0.25, 0.3) is 0 Å². The molecule has 3 aromatic rings. The smallest absolute Gasteiger partial charge is 0.330 e. The number of amides is 3. The van der Waals surface area contributed by atoms with Gasteiger partial charge in [0.25, 0.3) is 17.7 Å². The summed E-state index contributed by atoms with van der Waals surface area (Å²) in [4.78, 5) is 52.6. The number of aryl methyl sites for hydroxylation is 2. The van der Waals surface area contributed by atoms with Crippen LogP contribution >= 0.6 is 15.9 Å². The maximum absolute atomic E-state index is 13.1. The summed E-state index contributed by atoms with van der Waals surface area (Å²) in [6, 6.07) is 17.8. The molecule has 1 heterocycles. The molecule has 0 unspecified atom stereocenters. The third-order valence-electron chi connectivity index (χ3n) is 5.75. The first-order valence-corrected chi connectivity index (χ1v) is 11.8. The largest absolute Gasteiger partial charge is 0.454 e. The lowest BCUT2D eigenvalue weighted by Gasteiger charge is -2.24. The second kappa shape index (κ2) is 10.2. The minimum absolute atomic E-state index is 0.0673. The number of nitrogens with one attached hydrogen (secondary N) is 1. The van der Waals surface area contributed by atoms with E-state index in [2.05, 4.69) is 21.2 Å². The van der Waals surface area contributed by atoms with Gasteiger partial charge in [-0.2, -0.15) is 0 Å². The number of hydrogen-bond donors (Lipinski definition) is 1. The number of rotatable bonds is 7. The lowest BCUT2D eigenvalue weighted by molar-refractivity contribution is -0.151. The molecule has 1 aliphatic heterocycles. The molecule has 0 saturated carbocycles. The van der Waals surface area contributed by atoms with Gasteiger partial charge in [0.05, 0.1) is 11.1 Å². The predicted octanol–water partition coefficient (Wildman–Crippen LogP) is 4.46. The number of esters is 1. The number of nitrogens with zero attached hydrogens (tertiary/aromatic N) is 1. The van der Waals surface area contributed by atoms with Crippen molar-refractivity contribution >= 4 is 45.3 Å². The number of fused-ring (bicyclic) bond motifs is 1. The van der Waals surface area contributed by atoms with Gasteiger partial charge in [0.2, 0.25) is 0 Å². The Bertz CT molecular complexity index is 1260. The standard InChI is InChI=1S/C27H23BrN2O5/c1-16-12-19(13-17(2)24(16)28)29-23(31)15-35-27(34)22(14-18-8-4-3-5-9-18)30-25(32)20-10-6-7-11-21(20)26(30)33/h3-13,22H,14-15H2,1-2H3,(H,29,31)/t22-/m1/s1. The SMILES string of the molecule is Cc1cc(NC(=O)COC(=O)[C@@H](Cc2ccccc2)N2C(=O)c3ccccc3C2=O)cc(C)c1Br. The fourth-order valence-corrected chi connectivity index (χ4v) is 4.29. The van der Waals surface area contributed by atoms with Crippen LogP contribution in [-0.4, -0.2) is 41.2 Å². The molecule has 178 valence electrons. The molecule has 0 fully saturated rings. The molecule has 7 nitrogen and oxygen atoms in total. The highest BCUT2D eigenvalue weighted by Gasteiger charge is 2.43. The molecule has 0 bridgehead atoms. The molecule has 8 heteroatoms. The Labute approximate surface area is 211 Å². The number of carbonyl (C=O) groups excluding carboxylic acids is 4. The highest BCUT2D eigenvalue weighted by atomic mass is 79.9. The van der Waals surface area contributed by atoms with Gasteiger partial charge in [-0.15, -0.1) is 0 Å². The van der Waals surface area contributed by atoms with E-state index in [0.717, 1.165) is 26.1 Å². The van der Waals surface area contributed by atoms with Gasteiger partial charge in [-0.3, -0.25) is 19.3 Å². The molecule has 0 spiro atoms. The van der Waals surface area contributed by atoms with Crippen molar-refractivity contribution in [3.63, 3.8) is 0 Å². The number of ether oxygens (including phenoxy) is 1. The van der Waals surface area contributed by atoms with Crippen LogP contribution in [0.3, 0.4) is 0 Å². The van der Waals surface area contributed by atoms with Gasteiger partial charge >= 0.3 is 5.97 Å². The molecule has 3 amide bonds. The molecular formula is C27H23BrN2O5. The number of imide groups is 1. The summed E-state index contributed by atoms with van der Waals surface area (Å²) in [6.45, 7) is 3.26. The van der Waals surface area contributed by atoms with E-state index in [1.807, 2.05) is 19.9 Å². The minimum Gasteiger partial charge on any atom is -0.454 e. The average molecular weight is 535 g/mol. The second-order valence-corrected chi connectivity index (χ2v) is 9.10. The Morgan fingerprint density at radius 2 is 1.46 bits per heavy atom. The van der Waals surface area contributed by atoms with Crippen molar-refractivity contribution in [3.05, 3.63) is 99.0 Å². The van der Waals surface area contributed by atoms with E-state index in [1.165, 1.54) is 0 Å². The molecule has 3 aromatic carbocycles. The van der Waals surface area contributed by atoms with E-state index in [0.29, 0.717) is 5.69 Å². The number of benzene rings is 3. The number of anilines is 1. The van der Waals surface area contributed by atoms with Crippen molar-refractivity contribution in [1.29, 1.82) is 0 Å². The van der Waals surface area contributed by atoms with Gasteiger partial charge in [0.15, 0.2) is 6.61 Å². The van der Waals surface area contributed by atoms with E-state index in [4.69, 9.17) is 4.74 Å². The molecule has 35 heavy (non-hydrogen) atoms. The highest BCUT2D eigenvalue weighted by Crippen LogP contribution is 2.27. The van der Waals surface area contributed by atoms with Crippen molar-refractivity contribution < 1.29 is 23.9 Å². The Morgan fingerprint density at radius 3 is 2.03 bits per heavy atom. The van der Waals surface area contributed by atoms with Crippen LogP contribution in [0.4, 0.5) is 5.69 Å². The van der Waals surface area contributed by atoms with E-state index in [9.17, 15) is 19.2 Å². The lowest BCUT2D eigenvalue weighted by atomic mass is 10.0. The molecule has 1 atom stereocenters. The Balaban J connectivity index is 1.51. The fourth-order valence-electron chi connectivity index (χ4n) is 4.06. The van der Waals surface area contributed by atoms with Gasteiger partial charge < -0.3 is 10.1 Å². The van der Waals surface area contributed by atoms with Crippen LogP contribution in [0.15, 0.2) is 71.2 Å². The maximum atomic E-state index is 13.1.